The van der Waals surface area contributed by atoms with Gasteiger partial charge in [0.15, 0.2) is 0 Å². The van der Waals surface area contributed by atoms with E-state index in [2.05, 4.69) is 39.0 Å². The van der Waals surface area contributed by atoms with E-state index >= 15 is 0 Å². The minimum Gasteiger partial charge on any atom is -0.492 e. The minimum absolute atomic E-state index is 0.592. The summed E-state index contributed by atoms with van der Waals surface area (Å²) in [6, 6.07) is 6.43. The maximum atomic E-state index is 5.70. The molecular formula is C12H16O. The molecule has 0 radical (unpaired) electrons. The smallest absolute Gasteiger partial charge is 0.125 e. The number of ether oxygens (including phenoxy) is 1. The molecule has 0 spiro atoms. The third kappa shape index (κ3) is 1.32. The van der Waals surface area contributed by atoms with Crippen molar-refractivity contribution < 1.29 is 4.74 Å². The van der Waals surface area contributed by atoms with E-state index in [0.717, 1.165) is 12.4 Å². The fraction of sp³-hybridized carbons (Fsp3) is 0.500. The molecule has 1 atom stereocenters. The normalized spacial score (nSPS) is 20.2. The van der Waals surface area contributed by atoms with Crippen LogP contribution in [0.25, 0.3) is 0 Å². The molecule has 1 aromatic rings. The molecule has 0 bridgehead atoms. The molecule has 70 valence electrons. The second kappa shape index (κ2) is 3.06. The molecule has 1 aliphatic rings. The van der Waals surface area contributed by atoms with Crippen LogP contribution in [-0.2, 0) is 0 Å². The summed E-state index contributed by atoms with van der Waals surface area (Å²) in [5, 5.41) is 0. The molecule has 1 unspecified atom stereocenters. The molecule has 1 nitrogen and oxygen atoms in total. The SMILES string of the molecule is Cc1cccc2c1OCC2C(C)C. The van der Waals surface area contributed by atoms with Crippen LogP contribution in [0.15, 0.2) is 18.2 Å². The zero-order valence-corrected chi connectivity index (χ0v) is 8.50. The van der Waals surface area contributed by atoms with Crippen LogP contribution in [0.4, 0.5) is 0 Å². The van der Waals surface area contributed by atoms with Crippen LogP contribution in [0.5, 0.6) is 5.75 Å². The summed E-state index contributed by atoms with van der Waals surface area (Å²) in [5.74, 6) is 2.39. The molecule has 1 aliphatic heterocycles. The number of benzene rings is 1. The van der Waals surface area contributed by atoms with Gasteiger partial charge in [0, 0.05) is 11.5 Å². The van der Waals surface area contributed by atoms with Gasteiger partial charge in [-0.25, -0.2) is 0 Å². The summed E-state index contributed by atoms with van der Waals surface area (Å²) in [5.41, 5.74) is 2.66. The second-order valence-corrected chi connectivity index (χ2v) is 4.15. The maximum absolute atomic E-state index is 5.70. The molecule has 0 aromatic heterocycles. The van der Waals surface area contributed by atoms with Gasteiger partial charge in [0.1, 0.15) is 5.75 Å². The Kier molecular flexibility index (Phi) is 2.03. The van der Waals surface area contributed by atoms with Crippen LogP contribution in [0.2, 0.25) is 0 Å². The van der Waals surface area contributed by atoms with E-state index in [1.54, 1.807) is 0 Å². The Morgan fingerprint density at radius 2 is 2.15 bits per heavy atom. The monoisotopic (exact) mass is 176 g/mol. The van der Waals surface area contributed by atoms with Crippen molar-refractivity contribution in [1.29, 1.82) is 0 Å². The Balaban J connectivity index is 2.43. The summed E-state index contributed by atoms with van der Waals surface area (Å²) >= 11 is 0. The predicted octanol–water partition coefficient (Wildman–Crippen LogP) is 3.13. The van der Waals surface area contributed by atoms with Gasteiger partial charge < -0.3 is 4.74 Å². The van der Waals surface area contributed by atoms with Crippen molar-refractivity contribution in [3.8, 4) is 5.75 Å². The third-order valence-electron chi connectivity index (χ3n) is 2.85. The third-order valence-corrected chi connectivity index (χ3v) is 2.85. The van der Waals surface area contributed by atoms with Crippen LogP contribution >= 0.6 is 0 Å². The molecule has 0 saturated carbocycles. The molecule has 1 aromatic carbocycles. The molecule has 0 N–H and O–H groups in total. The Morgan fingerprint density at radius 3 is 2.85 bits per heavy atom. The Bertz CT molecular complexity index is 315. The fourth-order valence-corrected chi connectivity index (χ4v) is 1.98. The van der Waals surface area contributed by atoms with Gasteiger partial charge in [-0.3, -0.25) is 0 Å². The molecule has 1 heterocycles. The number of hydrogen-bond donors (Lipinski definition) is 0. The molecule has 0 saturated heterocycles. The Hall–Kier alpha value is -0.980. The largest absolute Gasteiger partial charge is 0.492 e. The first-order chi connectivity index (χ1) is 6.20. The van der Waals surface area contributed by atoms with Gasteiger partial charge in [-0.2, -0.15) is 0 Å². The molecule has 1 heteroatoms. The van der Waals surface area contributed by atoms with E-state index in [1.807, 2.05) is 0 Å². The van der Waals surface area contributed by atoms with Gasteiger partial charge in [-0.1, -0.05) is 32.0 Å². The molecule has 0 amide bonds. The number of aryl methyl sites for hydroxylation is 1. The summed E-state index contributed by atoms with van der Waals surface area (Å²) in [7, 11) is 0. The van der Waals surface area contributed by atoms with Crippen LogP contribution in [0, 0.1) is 12.8 Å². The number of fused-ring (bicyclic) bond motifs is 1. The van der Waals surface area contributed by atoms with Gasteiger partial charge in [-0.05, 0) is 18.4 Å². The highest BCUT2D eigenvalue weighted by atomic mass is 16.5. The number of hydrogen-bond acceptors (Lipinski definition) is 1. The number of rotatable bonds is 1. The van der Waals surface area contributed by atoms with Crippen molar-refractivity contribution in [2.24, 2.45) is 5.92 Å². The second-order valence-electron chi connectivity index (χ2n) is 4.15. The Labute approximate surface area is 79.7 Å². The molecule has 0 aliphatic carbocycles. The molecule has 0 fully saturated rings. The van der Waals surface area contributed by atoms with Gasteiger partial charge in [0.05, 0.1) is 6.61 Å². The highest BCUT2D eigenvalue weighted by Crippen LogP contribution is 2.39. The molecule has 2 rings (SSSR count). The van der Waals surface area contributed by atoms with E-state index in [4.69, 9.17) is 4.74 Å². The summed E-state index contributed by atoms with van der Waals surface area (Å²) in [6.45, 7) is 7.48. The van der Waals surface area contributed by atoms with E-state index in [1.165, 1.54) is 11.1 Å². The molecular weight excluding hydrogens is 160 g/mol. The highest BCUT2D eigenvalue weighted by Gasteiger charge is 2.27. The van der Waals surface area contributed by atoms with Crippen molar-refractivity contribution in [1.82, 2.24) is 0 Å². The topological polar surface area (TPSA) is 9.23 Å². The van der Waals surface area contributed by atoms with Crippen LogP contribution in [0.1, 0.15) is 30.9 Å². The Morgan fingerprint density at radius 1 is 1.38 bits per heavy atom. The zero-order valence-electron chi connectivity index (χ0n) is 8.50. The van der Waals surface area contributed by atoms with E-state index < -0.39 is 0 Å². The lowest BCUT2D eigenvalue weighted by atomic mass is 9.90. The van der Waals surface area contributed by atoms with Crippen molar-refractivity contribution in [2.45, 2.75) is 26.7 Å². The van der Waals surface area contributed by atoms with Crippen LogP contribution in [-0.4, -0.2) is 6.61 Å². The van der Waals surface area contributed by atoms with Gasteiger partial charge in [0.25, 0.3) is 0 Å². The standard InChI is InChI=1S/C12H16O/c1-8(2)11-7-13-12-9(3)5-4-6-10(11)12/h4-6,8,11H,7H2,1-3H3. The lowest BCUT2D eigenvalue weighted by Crippen LogP contribution is -2.07. The summed E-state index contributed by atoms with van der Waals surface area (Å²) < 4.78 is 5.70. The first kappa shape index (κ1) is 8.61. The highest BCUT2D eigenvalue weighted by molar-refractivity contribution is 5.45. The fourth-order valence-electron chi connectivity index (χ4n) is 1.98. The van der Waals surface area contributed by atoms with Crippen molar-refractivity contribution >= 4 is 0 Å². The lowest BCUT2D eigenvalue weighted by molar-refractivity contribution is 0.302. The molecule has 13 heavy (non-hydrogen) atoms. The average Bonchev–Trinajstić information content (AvgIpc) is 2.48. The van der Waals surface area contributed by atoms with Crippen molar-refractivity contribution in [3.05, 3.63) is 29.3 Å². The minimum atomic E-state index is 0.592. The van der Waals surface area contributed by atoms with Crippen LogP contribution < -0.4 is 4.74 Å². The quantitative estimate of drug-likeness (QED) is 0.638. The van der Waals surface area contributed by atoms with Gasteiger partial charge in [-0.15, -0.1) is 0 Å². The van der Waals surface area contributed by atoms with Crippen molar-refractivity contribution in [3.63, 3.8) is 0 Å². The predicted molar refractivity (Wildman–Crippen MR) is 54.3 cm³/mol. The van der Waals surface area contributed by atoms with Crippen molar-refractivity contribution in [2.75, 3.05) is 6.61 Å². The number of para-hydroxylation sites is 1. The van der Waals surface area contributed by atoms with Crippen LogP contribution in [0.3, 0.4) is 0 Å². The first-order valence-electron chi connectivity index (χ1n) is 4.92. The zero-order chi connectivity index (χ0) is 9.42. The first-order valence-corrected chi connectivity index (χ1v) is 4.92. The average molecular weight is 176 g/mol. The van der Waals surface area contributed by atoms with Gasteiger partial charge in [0.2, 0.25) is 0 Å². The lowest BCUT2D eigenvalue weighted by Gasteiger charge is -2.12. The maximum Gasteiger partial charge on any atom is 0.125 e. The van der Waals surface area contributed by atoms with Gasteiger partial charge >= 0.3 is 0 Å². The summed E-state index contributed by atoms with van der Waals surface area (Å²) in [4.78, 5) is 0. The summed E-state index contributed by atoms with van der Waals surface area (Å²) in [6.07, 6.45) is 0. The van der Waals surface area contributed by atoms with E-state index in [-0.39, 0.29) is 0 Å². The van der Waals surface area contributed by atoms with E-state index in [9.17, 15) is 0 Å². The van der Waals surface area contributed by atoms with E-state index in [0.29, 0.717) is 11.8 Å².